The molecule has 0 radical (unpaired) electrons. The molecule has 0 aromatic heterocycles. The van der Waals surface area contributed by atoms with Crippen molar-refractivity contribution in [3.8, 4) is 0 Å². The summed E-state index contributed by atoms with van der Waals surface area (Å²) < 4.78 is 11.3. The van der Waals surface area contributed by atoms with E-state index in [1.165, 1.54) is 52.0 Å². The van der Waals surface area contributed by atoms with Crippen molar-refractivity contribution in [3.05, 3.63) is 22.8 Å². The Hall–Kier alpha value is -1.95. The lowest BCUT2D eigenvalue weighted by atomic mass is 9.36. The molecule has 4 aliphatic carbocycles. The molecule has 6 nitrogen and oxygen atoms in total. The van der Waals surface area contributed by atoms with Crippen LogP contribution in [-0.4, -0.2) is 55.0 Å². The number of likely N-dealkylation sites (tertiary alicyclic amines) is 1. The van der Waals surface area contributed by atoms with E-state index in [1.807, 2.05) is 0 Å². The Morgan fingerprint density at radius 1 is 1.02 bits per heavy atom. The van der Waals surface area contributed by atoms with Gasteiger partial charge in [0.1, 0.15) is 11.9 Å². The van der Waals surface area contributed by atoms with Gasteiger partial charge in [0.05, 0.1) is 7.11 Å². The van der Waals surface area contributed by atoms with Gasteiger partial charge in [0.15, 0.2) is 0 Å². The predicted molar refractivity (Wildman–Crippen MR) is 165 cm³/mol. The Bertz CT molecular complexity index is 1160. The molecule has 0 aromatic rings. The molecular weight excluding hydrogens is 526 g/mol. The van der Waals surface area contributed by atoms with Crippen molar-refractivity contribution in [3.63, 3.8) is 0 Å². The number of carbonyl (C=O) groups is 3. The maximum Gasteiger partial charge on any atom is 0.333 e. The van der Waals surface area contributed by atoms with Gasteiger partial charge in [-0.25, -0.2) is 4.79 Å². The fourth-order valence-corrected chi connectivity index (χ4v) is 11.2. The summed E-state index contributed by atoms with van der Waals surface area (Å²) >= 11 is 0. The molecular formula is C36H55NO5. The average Bonchev–Trinajstić information content (AvgIpc) is 3.53. The quantitative estimate of drug-likeness (QED) is 0.190. The topological polar surface area (TPSA) is 72.9 Å². The highest BCUT2D eigenvalue weighted by atomic mass is 16.5. The lowest BCUT2D eigenvalue weighted by Crippen LogP contribution is -2.65. The van der Waals surface area contributed by atoms with Crippen LogP contribution in [0, 0.1) is 39.9 Å². The number of fused-ring (bicyclic) bond motifs is 5. The number of carbonyl (C=O) groups excluding carboxylic acids is 3. The van der Waals surface area contributed by atoms with Gasteiger partial charge >= 0.3 is 11.9 Å². The minimum absolute atomic E-state index is 0.0171. The van der Waals surface area contributed by atoms with E-state index in [4.69, 9.17) is 9.47 Å². The third-order valence-corrected chi connectivity index (χ3v) is 13.1. The smallest absolute Gasteiger partial charge is 0.333 e. The number of hydrogen-bond donors (Lipinski definition) is 0. The highest BCUT2D eigenvalue weighted by molar-refractivity contribution is 5.91. The van der Waals surface area contributed by atoms with Gasteiger partial charge in [0.25, 0.3) is 0 Å². The molecule has 5 rings (SSSR count). The predicted octanol–water partition coefficient (Wildman–Crippen LogP) is 7.07. The Morgan fingerprint density at radius 3 is 2.33 bits per heavy atom. The lowest BCUT2D eigenvalue weighted by molar-refractivity contribution is -0.195. The van der Waals surface area contributed by atoms with Gasteiger partial charge < -0.3 is 14.4 Å². The molecule has 9 atom stereocenters. The molecule has 0 amide bonds. The fraction of sp³-hybridized carbons (Fsp3) is 0.806. The number of rotatable bonds is 6. The van der Waals surface area contributed by atoms with Crippen LogP contribution in [0.3, 0.4) is 0 Å². The Morgan fingerprint density at radius 2 is 1.71 bits per heavy atom. The van der Waals surface area contributed by atoms with Crippen molar-refractivity contribution >= 4 is 17.7 Å². The van der Waals surface area contributed by atoms with Crippen molar-refractivity contribution in [2.75, 3.05) is 20.2 Å². The number of allylic oxidation sites excluding steroid dienone is 2. The molecule has 1 aliphatic heterocycles. The lowest BCUT2D eigenvalue weighted by Gasteiger charge is -2.67. The first kappa shape index (κ1) is 31.5. The SMILES string of the molecule is COC(=O)/C(CCC=C(C)C)=C1\[C@@H](OC(C)=O)C[C@@]2(C)[C@@H]1CC(=O)[C@@H]1[C@@]3(C)CC[C@H](N4CCCC4)[C@@H](C)C3CC[C@@]12C. The van der Waals surface area contributed by atoms with E-state index in [9.17, 15) is 14.4 Å². The van der Waals surface area contributed by atoms with Gasteiger partial charge in [-0.1, -0.05) is 39.3 Å². The highest BCUT2D eigenvalue weighted by Crippen LogP contribution is 2.73. The van der Waals surface area contributed by atoms with E-state index >= 15 is 0 Å². The van der Waals surface area contributed by atoms with Crippen LogP contribution in [0.15, 0.2) is 22.8 Å². The van der Waals surface area contributed by atoms with Crippen LogP contribution >= 0.6 is 0 Å². The standard InChI is InChI=1S/C36H55NO5/c1-22(2)12-11-13-25(33(40)41-8)31-27-20-29(39)32-34(5)16-15-28(37-18-9-10-19-37)23(3)26(34)14-17-35(32,6)36(27,7)21-30(31)42-24(4)38/h12,23,26-28,30,32H,9-11,13-21H2,1-8H3/b31-25-/t23-,26?,27+,28-,30-,32+,34-,35-,36-/m0/s1. The van der Waals surface area contributed by atoms with Gasteiger partial charge in [-0.05, 0) is 124 Å². The zero-order chi connectivity index (χ0) is 30.6. The second kappa shape index (κ2) is 11.5. The van der Waals surface area contributed by atoms with E-state index < -0.39 is 6.10 Å². The maximum atomic E-state index is 14.6. The zero-order valence-corrected chi connectivity index (χ0v) is 27.5. The summed E-state index contributed by atoms with van der Waals surface area (Å²) in [6.07, 6.45) is 10.9. The Labute approximate surface area is 254 Å². The third kappa shape index (κ3) is 4.92. The molecule has 5 aliphatic rings. The van der Waals surface area contributed by atoms with Crippen LogP contribution in [-0.2, 0) is 23.9 Å². The van der Waals surface area contributed by atoms with Crippen LogP contribution in [0.5, 0.6) is 0 Å². The molecule has 4 saturated carbocycles. The Balaban J connectivity index is 1.55. The van der Waals surface area contributed by atoms with Crippen LogP contribution in [0.4, 0.5) is 0 Å². The summed E-state index contributed by atoms with van der Waals surface area (Å²) in [5.74, 6) is 0.622. The third-order valence-electron chi connectivity index (χ3n) is 13.1. The van der Waals surface area contributed by atoms with E-state index in [0.29, 0.717) is 54.9 Å². The molecule has 234 valence electrons. The number of ketones is 1. The number of hydrogen-bond acceptors (Lipinski definition) is 6. The molecule has 0 N–H and O–H groups in total. The van der Waals surface area contributed by atoms with Crippen LogP contribution in [0.25, 0.3) is 0 Å². The number of methoxy groups -OCH3 is 1. The summed E-state index contributed by atoms with van der Waals surface area (Å²) in [6.45, 7) is 17.6. The van der Waals surface area contributed by atoms with Crippen molar-refractivity contribution in [1.29, 1.82) is 0 Å². The van der Waals surface area contributed by atoms with Crippen molar-refractivity contribution in [2.24, 2.45) is 39.9 Å². The number of Topliss-reactive ketones (excluding diaryl/α,β-unsaturated/α-hetero) is 1. The second-order valence-corrected chi connectivity index (χ2v) is 15.4. The van der Waals surface area contributed by atoms with Gasteiger partial charge in [0.2, 0.25) is 0 Å². The van der Waals surface area contributed by atoms with Gasteiger partial charge in [-0.2, -0.15) is 0 Å². The summed E-state index contributed by atoms with van der Waals surface area (Å²) in [4.78, 5) is 43.1. The van der Waals surface area contributed by atoms with E-state index in [2.05, 4.69) is 52.5 Å². The van der Waals surface area contributed by atoms with E-state index in [1.54, 1.807) is 0 Å². The molecule has 1 unspecified atom stereocenters. The van der Waals surface area contributed by atoms with Gasteiger partial charge in [-0.3, -0.25) is 9.59 Å². The number of esters is 2. The Kier molecular flexibility index (Phi) is 8.63. The van der Waals surface area contributed by atoms with Crippen molar-refractivity contribution < 1.29 is 23.9 Å². The molecule has 0 aromatic carbocycles. The summed E-state index contributed by atoms with van der Waals surface area (Å²) in [5, 5.41) is 0. The van der Waals surface area contributed by atoms with E-state index in [0.717, 1.165) is 24.8 Å². The molecule has 1 saturated heterocycles. The maximum absolute atomic E-state index is 14.6. The number of ether oxygens (including phenoxy) is 2. The average molecular weight is 582 g/mol. The van der Waals surface area contributed by atoms with Gasteiger partial charge in [0, 0.05) is 30.9 Å². The first-order valence-electron chi connectivity index (χ1n) is 16.7. The first-order chi connectivity index (χ1) is 19.8. The van der Waals surface area contributed by atoms with Crippen LogP contribution < -0.4 is 0 Å². The van der Waals surface area contributed by atoms with Crippen molar-refractivity contribution in [2.45, 2.75) is 125 Å². The monoisotopic (exact) mass is 581 g/mol. The zero-order valence-electron chi connectivity index (χ0n) is 27.5. The fourth-order valence-electron chi connectivity index (χ4n) is 11.2. The minimum atomic E-state index is -0.503. The second-order valence-electron chi connectivity index (χ2n) is 15.4. The molecule has 1 heterocycles. The van der Waals surface area contributed by atoms with E-state index in [-0.39, 0.29) is 40.0 Å². The summed E-state index contributed by atoms with van der Waals surface area (Å²) in [5.41, 5.74) is 2.11. The molecule has 5 fully saturated rings. The highest BCUT2D eigenvalue weighted by Gasteiger charge is 2.71. The summed E-state index contributed by atoms with van der Waals surface area (Å²) in [7, 11) is 1.42. The number of nitrogens with zero attached hydrogens (tertiary/aromatic N) is 1. The molecule has 0 bridgehead atoms. The normalized spacial score (nSPS) is 42.7. The molecule has 42 heavy (non-hydrogen) atoms. The van der Waals surface area contributed by atoms with Gasteiger partial charge in [-0.15, -0.1) is 0 Å². The van der Waals surface area contributed by atoms with Crippen LogP contribution in [0.2, 0.25) is 0 Å². The minimum Gasteiger partial charge on any atom is -0.466 e. The molecule has 0 spiro atoms. The molecule has 6 heteroatoms. The first-order valence-corrected chi connectivity index (χ1v) is 16.7. The van der Waals surface area contributed by atoms with Crippen LogP contribution in [0.1, 0.15) is 113 Å². The van der Waals surface area contributed by atoms with Crippen molar-refractivity contribution in [1.82, 2.24) is 4.90 Å². The largest absolute Gasteiger partial charge is 0.466 e. The summed E-state index contributed by atoms with van der Waals surface area (Å²) in [6, 6.07) is 0.634.